The second-order valence-electron chi connectivity index (χ2n) is 1.35. The van der Waals surface area contributed by atoms with Crippen molar-refractivity contribution in [3.05, 3.63) is 30.0 Å². The Bertz CT molecular complexity index is 324. The first kappa shape index (κ1) is 3.06. The Balaban J connectivity index is 3.56. The third-order valence-electron chi connectivity index (χ3n) is 0.776. The van der Waals surface area contributed by atoms with Gasteiger partial charge in [-0.15, -0.1) is 11.8 Å². The predicted octanol–water partition coefficient (Wildman–Crippen LogP) is 2.55. The number of hydrogen-bond acceptors (Lipinski definition) is 1. The molecule has 0 atom stereocenters. The molecule has 0 heterocycles. The molecule has 0 saturated heterocycles. The minimum absolute atomic E-state index is 0.177. The van der Waals surface area contributed by atoms with Crippen molar-refractivity contribution in [1.82, 2.24) is 0 Å². The molecule has 0 aliphatic rings. The van der Waals surface area contributed by atoms with Gasteiger partial charge in [0.05, 0.1) is 5.48 Å². The summed E-state index contributed by atoms with van der Waals surface area (Å²) in [7, 11) is 0. The summed E-state index contributed by atoms with van der Waals surface area (Å²) in [4.78, 5) is 0.177. The topological polar surface area (TPSA) is 0 Å². The van der Waals surface area contributed by atoms with Gasteiger partial charge in [-0.05, 0) is 30.4 Å². The molecule has 1 rings (SSSR count). The van der Waals surface area contributed by atoms with E-state index in [0.29, 0.717) is 0 Å². The zero-order valence-electron chi connectivity index (χ0n) is 8.79. The highest BCUT2D eigenvalue weighted by molar-refractivity contribution is 7.98. The molecule has 2 heteroatoms. The summed E-state index contributed by atoms with van der Waals surface area (Å²) in [6.07, 6.45) is 1.63. The number of benzene rings is 1. The van der Waals surface area contributed by atoms with Crippen molar-refractivity contribution in [2.24, 2.45) is 0 Å². The molecule has 48 valence electrons. The minimum atomic E-state index is -1.09. The number of rotatable bonds is 1. The lowest BCUT2D eigenvalue weighted by molar-refractivity contribution is 0.626. The average Bonchev–Trinajstić information content (AvgIpc) is 2.13. The van der Waals surface area contributed by atoms with Gasteiger partial charge >= 0.3 is 0 Å². The Kier molecular flexibility index (Phi) is 0.977. The summed E-state index contributed by atoms with van der Waals surface area (Å²) in [6, 6.07) is -1.84. The normalized spacial score (nSPS) is 15.8. The molecule has 0 aromatic heterocycles. The van der Waals surface area contributed by atoms with E-state index in [2.05, 4.69) is 0 Å². The first-order chi connectivity index (χ1) is 6.00. The zero-order chi connectivity index (χ0) is 10.2. The third kappa shape index (κ3) is 1.72. The van der Waals surface area contributed by atoms with Crippen molar-refractivity contribution in [3.8, 4) is 0 Å². The van der Waals surface area contributed by atoms with Gasteiger partial charge in [0.1, 0.15) is 5.82 Å². The van der Waals surface area contributed by atoms with Crippen molar-refractivity contribution in [2.45, 2.75) is 4.90 Å². The van der Waals surface area contributed by atoms with Gasteiger partial charge in [-0.25, -0.2) is 4.39 Å². The molecular weight excluding hydrogens is 135 g/mol. The van der Waals surface area contributed by atoms with E-state index in [-0.39, 0.29) is 17.0 Å². The summed E-state index contributed by atoms with van der Waals surface area (Å²) in [5, 5.41) is 0. The highest BCUT2D eigenvalue weighted by Gasteiger charge is 1.88. The van der Waals surface area contributed by atoms with Gasteiger partial charge in [0.15, 0.2) is 0 Å². The molecule has 0 aliphatic carbocycles. The Hall–Kier alpha value is -0.500. The molecule has 0 radical (unpaired) electrons. The van der Waals surface area contributed by atoms with E-state index in [1.54, 1.807) is 6.26 Å². The summed E-state index contributed by atoms with van der Waals surface area (Å²) >= 11 is 1.08. The SMILES string of the molecule is [2H]c1c([2H])c(SC)c([2H])c([2H])c1F. The third-order valence-corrected chi connectivity index (χ3v) is 1.39. The molecule has 0 fully saturated rings. The minimum Gasteiger partial charge on any atom is -0.207 e. The molecular formula is C7H7FS. The highest BCUT2D eigenvalue weighted by atomic mass is 32.2. The molecule has 0 N–H and O–H groups in total. The lowest BCUT2D eigenvalue weighted by Gasteiger charge is -1.91. The average molecular weight is 146 g/mol. The van der Waals surface area contributed by atoms with Gasteiger partial charge in [0, 0.05) is 4.90 Å². The second-order valence-corrected chi connectivity index (χ2v) is 2.16. The maximum atomic E-state index is 12.9. The molecule has 0 unspecified atom stereocenters. The fourth-order valence-electron chi connectivity index (χ4n) is 0.388. The van der Waals surface area contributed by atoms with Gasteiger partial charge in [0.25, 0.3) is 0 Å². The Morgan fingerprint density at radius 2 is 2.00 bits per heavy atom. The number of thioether (sulfide) groups is 1. The Morgan fingerprint density at radius 1 is 1.44 bits per heavy atom. The van der Waals surface area contributed by atoms with Crippen LogP contribution in [0.3, 0.4) is 0 Å². The van der Waals surface area contributed by atoms with Crippen LogP contribution in [0.15, 0.2) is 29.1 Å². The smallest absolute Gasteiger partial charge is 0.123 e. The highest BCUT2D eigenvalue weighted by Crippen LogP contribution is 2.13. The largest absolute Gasteiger partial charge is 0.207 e. The molecule has 0 bridgehead atoms. The Labute approximate surface area is 63.7 Å². The monoisotopic (exact) mass is 146 g/mol. The van der Waals surface area contributed by atoms with E-state index in [1.807, 2.05) is 0 Å². The summed E-state index contributed by atoms with van der Waals surface area (Å²) in [5.41, 5.74) is 0. The van der Waals surface area contributed by atoms with Crippen LogP contribution in [0.25, 0.3) is 0 Å². The van der Waals surface area contributed by atoms with Crippen molar-refractivity contribution in [3.63, 3.8) is 0 Å². The van der Waals surface area contributed by atoms with Crippen LogP contribution in [-0.4, -0.2) is 6.26 Å². The summed E-state index contributed by atoms with van der Waals surface area (Å²) < 4.78 is 41.9. The Morgan fingerprint density at radius 3 is 2.44 bits per heavy atom. The molecule has 0 nitrogen and oxygen atoms in total. The standard InChI is InChI=1S/C7H7FS/c1-9-7-4-2-6(8)3-5-7/h2-5H,1H3/i2D,3D,4D,5D. The fourth-order valence-corrected chi connectivity index (χ4v) is 0.694. The van der Waals surface area contributed by atoms with Crippen molar-refractivity contribution < 1.29 is 9.87 Å². The van der Waals surface area contributed by atoms with Gasteiger partial charge in [0.2, 0.25) is 0 Å². The molecule has 0 aliphatic heterocycles. The quantitative estimate of drug-likeness (QED) is 0.549. The molecule has 0 amide bonds. The summed E-state index contributed by atoms with van der Waals surface area (Å²) in [6.45, 7) is 0. The van der Waals surface area contributed by atoms with Crippen LogP contribution in [0, 0.1) is 5.82 Å². The van der Waals surface area contributed by atoms with Crippen LogP contribution in [-0.2, 0) is 0 Å². The fraction of sp³-hybridized carbons (Fsp3) is 0.143. The lowest BCUT2D eigenvalue weighted by atomic mass is 10.4. The van der Waals surface area contributed by atoms with Crippen LogP contribution in [0.2, 0.25) is 0 Å². The molecule has 9 heavy (non-hydrogen) atoms. The van der Waals surface area contributed by atoms with E-state index < -0.39 is 17.9 Å². The van der Waals surface area contributed by atoms with Gasteiger partial charge in [-0.3, -0.25) is 0 Å². The van der Waals surface area contributed by atoms with Gasteiger partial charge in [-0.1, -0.05) is 0 Å². The van der Waals surface area contributed by atoms with E-state index in [0.717, 1.165) is 11.8 Å². The van der Waals surface area contributed by atoms with Crippen LogP contribution in [0.5, 0.6) is 0 Å². The first-order valence-electron chi connectivity index (χ1n) is 4.30. The van der Waals surface area contributed by atoms with Crippen LogP contribution in [0.4, 0.5) is 4.39 Å². The molecule has 0 spiro atoms. The lowest BCUT2D eigenvalue weighted by Crippen LogP contribution is -1.71. The van der Waals surface area contributed by atoms with Crippen molar-refractivity contribution >= 4 is 11.8 Å². The van der Waals surface area contributed by atoms with Gasteiger partial charge in [-0.2, -0.15) is 0 Å². The van der Waals surface area contributed by atoms with Crippen molar-refractivity contribution in [2.75, 3.05) is 6.26 Å². The van der Waals surface area contributed by atoms with Crippen LogP contribution in [0.1, 0.15) is 5.48 Å². The van der Waals surface area contributed by atoms with E-state index >= 15 is 0 Å². The van der Waals surface area contributed by atoms with E-state index in [1.165, 1.54) is 0 Å². The van der Waals surface area contributed by atoms with Gasteiger partial charge < -0.3 is 0 Å². The van der Waals surface area contributed by atoms with Crippen LogP contribution < -0.4 is 0 Å². The maximum absolute atomic E-state index is 12.9. The van der Waals surface area contributed by atoms with Crippen molar-refractivity contribution in [1.29, 1.82) is 0 Å². The number of hydrogen-bond donors (Lipinski definition) is 0. The van der Waals surface area contributed by atoms with Crippen LogP contribution >= 0.6 is 11.8 Å². The molecule has 1 aromatic rings. The molecule has 0 saturated carbocycles. The first-order valence-corrected chi connectivity index (χ1v) is 3.53. The summed E-state index contributed by atoms with van der Waals surface area (Å²) in [5.74, 6) is -1.09. The van der Waals surface area contributed by atoms with E-state index in [4.69, 9.17) is 5.48 Å². The van der Waals surface area contributed by atoms with E-state index in [9.17, 15) is 4.39 Å². The zero-order valence-corrected chi connectivity index (χ0v) is 5.60. The number of halogens is 1. The molecule has 1 aromatic carbocycles. The predicted molar refractivity (Wildman–Crippen MR) is 38.2 cm³/mol. The maximum Gasteiger partial charge on any atom is 0.123 e. The second kappa shape index (κ2) is 2.87.